The van der Waals surface area contributed by atoms with Gasteiger partial charge < -0.3 is 9.31 Å². The van der Waals surface area contributed by atoms with E-state index in [4.69, 9.17) is 9.31 Å². The Balaban J connectivity index is 0.936. The third-order valence-corrected chi connectivity index (χ3v) is 10.7. The molecule has 0 saturated carbocycles. The van der Waals surface area contributed by atoms with Gasteiger partial charge in [0.15, 0.2) is 0 Å². The molecular weight excluding hydrogens is 406 g/mol. The molecule has 0 aliphatic carbocycles. The van der Waals surface area contributed by atoms with Crippen LogP contribution in [0.2, 0.25) is 23.3 Å². The summed E-state index contributed by atoms with van der Waals surface area (Å²) in [5.41, 5.74) is 0. The molecule has 0 aromatic rings. The average molecular weight is 450 g/mol. The van der Waals surface area contributed by atoms with Crippen molar-refractivity contribution in [3.05, 3.63) is 0 Å². The summed E-state index contributed by atoms with van der Waals surface area (Å²) in [5, 5.41) is 0. The Bertz CT molecular complexity index is 398. The summed E-state index contributed by atoms with van der Waals surface area (Å²) in [5.74, 6) is 8.71. The number of hydrogen-bond acceptors (Lipinski definition) is 4. The summed E-state index contributed by atoms with van der Waals surface area (Å²) in [7, 11) is 0. The van der Waals surface area contributed by atoms with Crippen LogP contribution in [-0.2, 0) is 9.31 Å². The van der Waals surface area contributed by atoms with E-state index in [1.165, 1.54) is 113 Å². The summed E-state index contributed by atoms with van der Waals surface area (Å²) in [4.78, 5) is 0. The maximum absolute atomic E-state index is 6.37. The maximum atomic E-state index is 6.37. The zero-order chi connectivity index (χ0) is 20.4. The third kappa shape index (κ3) is 7.12. The van der Waals surface area contributed by atoms with Crippen molar-refractivity contribution in [2.75, 3.05) is 36.2 Å². The molecule has 0 unspecified atom stereocenters. The van der Waals surface area contributed by atoms with E-state index in [0.29, 0.717) is 13.8 Å². The molecule has 4 heterocycles. The summed E-state index contributed by atoms with van der Waals surface area (Å²) in [6, 6.07) is 0. The first-order valence-electron chi connectivity index (χ1n) is 13.3. The van der Waals surface area contributed by atoms with Crippen molar-refractivity contribution in [2.24, 2.45) is 0 Å². The smallest absolute Gasteiger partial charge is 0.299 e. The van der Waals surface area contributed by atoms with Crippen LogP contribution < -0.4 is 0 Å². The highest BCUT2D eigenvalue weighted by molar-refractivity contribution is 8.02. The highest BCUT2D eigenvalue weighted by atomic mass is 32.2. The summed E-state index contributed by atoms with van der Waals surface area (Å²) in [6.07, 6.45) is 19.7. The highest BCUT2D eigenvalue weighted by Gasteiger charge is 2.41. The van der Waals surface area contributed by atoms with E-state index in [1.54, 1.807) is 0 Å². The zero-order valence-corrected chi connectivity index (χ0v) is 20.9. The normalized spacial score (nSPS) is 31.2. The Morgan fingerprint density at radius 2 is 0.833 bits per heavy atom. The SMILES string of the molecule is C(COB1C2CCCC1CCC2)CSCCSCCCOB1C2CCCC1CCC2. The molecule has 4 bridgehead atoms. The van der Waals surface area contributed by atoms with Gasteiger partial charge in [-0.2, -0.15) is 23.5 Å². The Hall–Kier alpha value is 0.750. The molecule has 0 aromatic heterocycles. The third-order valence-electron chi connectivity index (χ3n) is 8.32. The van der Waals surface area contributed by atoms with Crippen LogP contribution in [0.1, 0.15) is 89.9 Å². The van der Waals surface area contributed by atoms with Crippen LogP contribution >= 0.6 is 23.5 Å². The van der Waals surface area contributed by atoms with Gasteiger partial charge in [-0.3, -0.25) is 0 Å². The van der Waals surface area contributed by atoms with Crippen molar-refractivity contribution < 1.29 is 9.31 Å². The monoisotopic (exact) mass is 450 g/mol. The van der Waals surface area contributed by atoms with Crippen LogP contribution in [0, 0.1) is 0 Å². The van der Waals surface area contributed by atoms with E-state index in [0.717, 1.165) is 36.5 Å². The number of fused-ring (bicyclic) bond motifs is 4. The fraction of sp³-hybridized carbons (Fsp3) is 1.00. The summed E-state index contributed by atoms with van der Waals surface area (Å²) < 4.78 is 12.7. The standard InChI is InChI=1S/C24H44B2O2S2/c1-7-21-9-2-10-22(8-1)25(21)27-15-5-17-29-19-20-30-18-6-16-28-26-23-11-3-12-24(26)14-4-13-23/h21-24H,1-20H2. The van der Waals surface area contributed by atoms with Gasteiger partial charge in [0.25, 0.3) is 13.8 Å². The lowest BCUT2D eigenvalue weighted by Crippen LogP contribution is -2.37. The predicted molar refractivity (Wildman–Crippen MR) is 138 cm³/mol. The molecule has 0 radical (unpaired) electrons. The molecule has 6 heteroatoms. The molecule has 4 aliphatic rings. The zero-order valence-electron chi connectivity index (χ0n) is 19.2. The number of hydrogen-bond donors (Lipinski definition) is 0. The molecule has 4 fully saturated rings. The lowest BCUT2D eigenvalue weighted by atomic mass is 9.38. The van der Waals surface area contributed by atoms with Crippen LogP contribution in [0.3, 0.4) is 0 Å². The minimum atomic E-state index is 0.614. The van der Waals surface area contributed by atoms with Crippen molar-refractivity contribution >= 4 is 37.4 Å². The molecule has 4 saturated heterocycles. The molecule has 2 nitrogen and oxygen atoms in total. The van der Waals surface area contributed by atoms with Crippen molar-refractivity contribution in [1.29, 1.82) is 0 Å². The van der Waals surface area contributed by atoms with E-state index in [1.807, 2.05) is 0 Å². The van der Waals surface area contributed by atoms with Gasteiger partial charge in [-0.05, 0) is 47.6 Å². The molecule has 0 aromatic carbocycles. The molecule has 30 heavy (non-hydrogen) atoms. The molecular formula is C24H44B2O2S2. The highest BCUT2D eigenvalue weighted by Crippen LogP contribution is 2.47. The van der Waals surface area contributed by atoms with Gasteiger partial charge in [0, 0.05) is 24.7 Å². The van der Waals surface area contributed by atoms with E-state index in [2.05, 4.69) is 23.5 Å². The van der Waals surface area contributed by atoms with Crippen LogP contribution in [0.5, 0.6) is 0 Å². The summed E-state index contributed by atoms with van der Waals surface area (Å²) >= 11 is 4.25. The Morgan fingerprint density at radius 1 is 0.500 bits per heavy atom. The second-order valence-corrected chi connectivity index (χ2v) is 12.8. The van der Waals surface area contributed by atoms with Crippen molar-refractivity contribution in [3.63, 3.8) is 0 Å². The van der Waals surface area contributed by atoms with Gasteiger partial charge in [0.1, 0.15) is 0 Å². The lowest BCUT2D eigenvalue weighted by Gasteiger charge is -2.39. The molecule has 0 N–H and O–H groups in total. The van der Waals surface area contributed by atoms with E-state index in [9.17, 15) is 0 Å². The Kier molecular flexibility index (Phi) is 10.7. The Labute approximate surface area is 195 Å². The molecule has 4 aliphatic heterocycles. The molecule has 0 spiro atoms. The first-order valence-corrected chi connectivity index (χ1v) is 15.6. The van der Waals surface area contributed by atoms with Crippen molar-refractivity contribution in [2.45, 2.75) is 113 Å². The topological polar surface area (TPSA) is 18.5 Å². The molecule has 0 amide bonds. The van der Waals surface area contributed by atoms with E-state index < -0.39 is 0 Å². The quantitative estimate of drug-likeness (QED) is 0.214. The van der Waals surface area contributed by atoms with Crippen LogP contribution in [0.25, 0.3) is 0 Å². The van der Waals surface area contributed by atoms with Gasteiger partial charge in [-0.1, -0.05) is 77.0 Å². The fourth-order valence-electron chi connectivity index (χ4n) is 6.86. The average Bonchev–Trinajstić information content (AvgIpc) is 2.74. The van der Waals surface area contributed by atoms with Gasteiger partial charge in [0.2, 0.25) is 0 Å². The van der Waals surface area contributed by atoms with E-state index in [-0.39, 0.29) is 0 Å². The van der Waals surface area contributed by atoms with Gasteiger partial charge >= 0.3 is 0 Å². The Morgan fingerprint density at radius 3 is 1.17 bits per heavy atom. The van der Waals surface area contributed by atoms with Gasteiger partial charge in [0.05, 0.1) is 0 Å². The van der Waals surface area contributed by atoms with Gasteiger partial charge in [-0.15, -0.1) is 0 Å². The largest absolute Gasteiger partial charge is 0.435 e. The number of thioether (sulfide) groups is 2. The minimum absolute atomic E-state index is 0.614. The van der Waals surface area contributed by atoms with Crippen molar-refractivity contribution in [1.82, 2.24) is 0 Å². The second-order valence-electron chi connectivity index (χ2n) is 10.4. The maximum Gasteiger partial charge on any atom is 0.299 e. The second kappa shape index (κ2) is 13.5. The van der Waals surface area contributed by atoms with E-state index >= 15 is 0 Å². The molecule has 0 atom stereocenters. The van der Waals surface area contributed by atoms with Crippen molar-refractivity contribution in [3.8, 4) is 0 Å². The van der Waals surface area contributed by atoms with Crippen LogP contribution in [0.15, 0.2) is 0 Å². The molecule has 4 rings (SSSR count). The van der Waals surface area contributed by atoms with Crippen LogP contribution in [-0.4, -0.2) is 50.1 Å². The molecule has 170 valence electrons. The van der Waals surface area contributed by atoms with Gasteiger partial charge in [-0.25, -0.2) is 0 Å². The minimum Gasteiger partial charge on any atom is -0.435 e. The first-order chi connectivity index (χ1) is 14.9. The van der Waals surface area contributed by atoms with Crippen LogP contribution in [0.4, 0.5) is 0 Å². The first kappa shape index (κ1) is 23.9. The fourth-order valence-corrected chi connectivity index (χ4v) is 8.85. The summed E-state index contributed by atoms with van der Waals surface area (Å²) in [6.45, 7) is 3.23. The number of rotatable bonds is 13. The lowest BCUT2D eigenvalue weighted by molar-refractivity contribution is 0.269. The predicted octanol–water partition coefficient (Wildman–Crippen LogP) is 7.47.